The minimum Gasteiger partial charge on any atom is -0.497 e. The maximum absolute atomic E-state index is 14.7. The molecule has 4 heteroatoms. The minimum absolute atomic E-state index is 0.150. The summed E-state index contributed by atoms with van der Waals surface area (Å²) in [6.07, 6.45) is 13.9. The summed E-state index contributed by atoms with van der Waals surface area (Å²) in [5.41, 5.74) is 0.442. The first-order valence-corrected chi connectivity index (χ1v) is 16.5. The predicted molar refractivity (Wildman–Crippen MR) is 143 cm³/mol. The Bertz CT molecular complexity index is 742. The molecule has 3 rings (SSSR count). The molecule has 0 aromatic heterocycles. The van der Waals surface area contributed by atoms with Gasteiger partial charge in [0.05, 0.1) is 12.3 Å². The summed E-state index contributed by atoms with van der Waals surface area (Å²) in [5.74, 6) is 3.33. The molecule has 0 amide bonds. The molecule has 1 aromatic rings. The van der Waals surface area contributed by atoms with Gasteiger partial charge in [0, 0.05) is 18.4 Å². The normalized spacial score (nSPS) is 32.4. The minimum atomic E-state index is -2.60. The topological polar surface area (TPSA) is 29.3 Å². The monoisotopic (exact) mass is 472 g/mol. The zero-order valence-corrected chi connectivity index (χ0v) is 23.3. The van der Waals surface area contributed by atoms with E-state index in [2.05, 4.69) is 58.5 Å². The van der Waals surface area contributed by atoms with E-state index < -0.39 is 8.24 Å². The third kappa shape index (κ3) is 5.57. The van der Waals surface area contributed by atoms with Crippen LogP contribution in [0.25, 0.3) is 0 Å². The zero-order chi connectivity index (χ0) is 24.0. The molecule has 5 atom stereocenters. The number of hydrogen-bond acceptors (Lipinski definition) is 2. The first kappa shape index (κ1) is 26.4. The average molecular weight is 473 g/mol. The summed E-state index contributed by atoms with van der Waals surface area (Å²) in [7, 11) is -0.827. The lowest BCUT2D eigenvalue weighted by molar-refractivity contribution is -0.472. The van der Waals surface area contributed by atoms with Crippen molar-refractivity contribution in [2.45, 2.75) is 116 Å². The van der Waals surface area contributed by atoms with E-state index in [1.165, 1.54) is 63.0 Å². The van der Waals surface area contributed by atoms with Crippen molar-refractivity contribution >= 4 is 13.4 Å². The third-order valence-corrected chi connectivity index (χ3v) is 14.9. The highest BCUT2D eigenvalue weighted by Crippen LogP contribution is 2.54. The van der Waals surface area contributed by atoms with E-state index in [1.807, 2.05) is 0 Å². The van der Waals surface area contributed by atoms with E-state index in [1.54, 1.807) is 11.5 Å². The maximum Gasteiger partial charge on any atom is 0.450 e. The van der Waals surface area contributed by atoms with Gasteiger partial charge in [0.1, 0.15) is 5.75 Å². The van der Waals surface area contributed by atoms with Crippen LogP contribution in [0.15, 0.2) is 24.3 Å². The molecule has 0 bridgehead atoms. The average Bonchev–Trinajstić information content (AvgIpc) is 3.01. The van der Waals surface area contributed by atoms with Gasteiger partial charge in [-0.3, -0.25) is 0 Å². The summed E-state index contributed by atoms with van der Waals surface area (Å²) >= 11 is 0. The van der Waals surface area contributed by atoms with Gasteiger partial charge in [0.25, 0.3) is 0 Å². The summed E-state index contributed by atoms with van der Waals surface area (Å²) in [6, 6.07) is 8.62. The van der Waals surface area contributed by atoms with Crippen LogP contribution in [0.1, 0.15) is 98.3 Å². The first-order chi connectivity index (χ1) is 15.8. The Balaban J connectivity index is 2.01. The molecule has 5 unspecified atom stereocenters. The van der Waals surface area contributed by atoms with Crippen molar-refractivity contribution in [3.05, 3.63) is 29.2 Å². The van der Waals surface area contributed by atoms with Crippen LogP contribution in [0, 0.1) is 28.6 Å². The fourth-order valence-corrected chi connectivity index (χ4v) is 13.1. The van der Waals surface area contributed by atoms with Gasteiger partial charge in [0.15, 0.2) is 6.04 Å². The molecule has 2 saturated carbocycles. The van der Waals surface area contributed by atoms with Gasteiger partial charge in [-0.25, -0.2) is 0 Å². The SMILES string of the molecule is COc1ccccc1[Si](C)(C1C(C)C(C)C(C)C1C)[N+](=O)C1CCCCCCCCCCC1. The van der Waals surface area contributed by atoms with E-state index in [-0.39, 0.29) is 6.04 Å². The van der Waals surface area contributed by atoms with Gasteiger partial charge in [0.2, 0.25) is 0 Å². The van der Waals surface area contributed by atoms with E-state index in [0.29, 0.717) is 29.2 Å². The summed E-state index contributed by atoms with van der Waals surface area (Å²) in [5, 5.41) is 1.22. The number of rotatable bonds is 5. The molecular formula is C29H50NO2Si+. The van der Waals surface area contributed by atoms with Gasteiger partial charge >= 0.3 is 8.24 Å². The molecular weight excluding hydrogens is 422 g/mol. The van der Waals surface area contributed by atoms with Crippen LogP contribution in [0.3, 0.4) is 0 Å². The molecule has 0 N–H and O–H groups in total. The molecule has 0 saturated heterocycles. The summed E-state index contributed by atoms with van der Waals surface area (Å²) < 4.78 is 7.61. The molecule has 2 fully saturated rings. The molecule has 3 nitrogen and oxygen atoms in total. The van der Waals surface area contributed by atoms with Gasteiger partial charge in [-0.05, 0) is 54.0 Å². The fraction of sp³-hybridized carbons (Fsp3) is 0.793. The molecule has 0 spiro atoms. The van der Waals surface area contributed by atoms with Crippen LogP contribution in [0.5, 0.6) is 5.75 Å². The Hall–Kier alpha value is -1.16. The lowest BCUT2D eigenvalue weighted by Gasteiger charge is -2.33. The lowest BCUT2D eigenvalue weighted by atomic mass is 9.92. The summed E-state index contributed by atoms with van der Waals surface area (Å²) in [4.78, 5) is 14.7. The third-order valence-electron chi connectivity index (χ3n) is 9.79. The largest absolute Gasteiger partial charge is 0.497 e. The first-order valence-electron chi connectivity index (χ1n) is 13.9. The second-order valence-corrected chi connectivity index (χ2v) is 15.5. The smallest absolute Gasteiger partial charge is 0.450 e. The van der Waals surface area contributed by atoms with Crippen molar-refractivity contribution in [1.29, 1.82) is 0 Å². The number of para-hydroxylation sites is 1. The second kappa shape index (κ2) is 12.0. The number of methoxy groups -OCH3 is 1. The van der Waals surface area contributed by atoms with E-state index in [4.69, 9.17) is 4.74 Å². The highest BCUT2D eigenvalue weighted by Gasteiger charge is 2.65. The summed E-state index contributed by atoms with van der Waals surface area (Å²) in [6.45, 7) is 12.0. The van der Waals surface area contributed by atoms with Crippen LogP contribution < -0.4 is 9.92 Å². The maximum atomic E-state index is 14.7. The number of benzene rings is 1. The van der Waals surface area contributed by atoms with Crippen LogP contribution >= 0.6 is 0 Å². The van der Waals surface area contributed by atoms with E-state index in [9.17, 15) is 4.91 Å². The van der Waals surface area contributed by atoms with Crippen molar-refractivity contribution in [2.24, 2.45) is 23.7 Å². The Morgan fingerprint density at radius 2 is 1.21 bits per heavy atom. The van der Waals surface area contributed by atoms with E-state index in [0.717, 1.165) is 18.6 Å². The molecule has 33 heavy (non-hydrogen) atoms. The standard InChI is InChI=1S/C29H50NO2Si/c1-22-23(2)25(4)29(24(22)3)33(6,28-21-17-16-20-27(28)32-5)30(31)26-18-14-12-10-8-7-9-11-13-15-19-26/h16-17,20-26,29H,7-15,18-19H2,1-6H3/q+1. The van der Waals surface area contributed by atoms with Gasteiger partial charge < -0.3 is 4.74 Å². The molecule has 0 radical (unpaired) electrons. The van der Waals surface area contributed by atoms with Crippen molar-refractivity contribution < 1.29 is 9.16 Å². The quantitative estimate of drug-likeness (QED) is 0.408. The number of hydrogen-bond donors (Lipinski definition) is 0. The molecule has 1 aromatic carbocycles. The number of ether oxygens (including phenoxy) is 1. The van der Waals surface area contributed by atoms with Crippen molar-refractivity contribution in [3.63, 3.8) is 0 Å². The van der Waals surface area contributed by atoms with Crippen molar-refractivity contribution in [3.8, 4) is 5.75 Å². The lowest BCUT2D eigenvalue weighted by Crippen LogP contribution is -2.62. The van der Waals surface area contributed by atoms with Gasteiger partial charge in [-0.2, -0.15) is 0 Å². The number of nitroso groups, excluding NO2 is 1. The van der Waals surface area contributed by atoms with Gasteiger partial charge in [-0.15, -0.1) is 0 Å². The van der Waals surface area contributed by atoms with Crippen LogP contribution in [0.2, 0.25) is 12.1 Å². The molecule has 0 aliphatic heterocycles. The predicted octanol–water partition coefficient (Wildman–Crippen LogP) is 7.86. The Morgan fingerprint density at radius 3 is 1.70 bits per heavy atom. The fourth-order valence-electron chi connectivity index (χ4n) is 7.38. The molecule has 0 heterocycles. The van der Waals surface area contributed by atoms with Gasteiger partial charge in [-0.1, -0.05) is 95.3 Å². The van der Waals surface area contributed by atoms with Crippen LogP contribution in [0.4, 0.5) is 0 Å². The molecule has 2 aliphatic rings. The van der Waals surface area contributed by atoms with Crippen molar-refractivity contribution in [1.82, 2.24) is 0 Å². The highest BCUT2D eigenvalue weighted by molar-refractivity contribution is 6.86. The Kier molecular flexibility index (Phi) is 9.61. The Morgan fingerprint density at radius 1 is 0.758 bits per heavy atom. The molecule has 186 valence electrons. The molecule has 2 aliphatic carbocycles. The number of nitrogens with zero attached hydrogens (tertiary/aromatic N) is 1. The highest BCUT2D eigenvalue weighted by atomic mass is 28.3. The van der Waals surface area contributed by atoms with Crippen LogP contribution in [-0.2, 0) is 0 Å². The van der Waals surface area contributed by atoms with Crippen molar-refractivity contribution in [2.75, 3.05) is 7.11 Å². The second-order valence-electron chi connectivity index (χ2n) is 11.5. The Labute approximate surface area is 204 Å². The van der Waals surface area contributed by atoms with Crippen LogP contribution in [-0.4, -0.2) is 25.8 Å². The van der Waals surface area contributed by atoms with E-state index >= 15 is 0 Å². The zero-order valence-electron chi connectivity index (χ0n) is 22.3.